The normalized spacial score (nSPS) is 23.2. The Morgan fingerprint density at radius 1 is 0.540 bits per heavy atom. The number of carboxylic acid groups (broad SMARTS) is 1. The van der Waals surface area contributed by atoms with Gasteiger partial charge in [0.05, 0.1) is 11.3 Å². The maximum atomic E-state index is 13.2. The lowest BCUT2D eigenvalue weighted by atomic mass is 9.66. The number of aliphatic hydroxyl groups is 1. The average Bonchev–Trinajstić information content (AvgIpc) is 1.01. The fourth-order valence-electron chi connectivity index (χ4n) is 17.6. The third kappa shape index (κ3) is 33.6. The van der Waals surface area contributed by atoms with E-state index in [1.807, 2.05) is 58.4 Å². The van der Waals surface area contributed by atoms with Crippen molar-refractivity contribution in [1.82, 2.24) is 60.2 Å². The van der Waals surface area contributed by atoms with Crippen LogP contribution in [-0.4, -0.2) is 171 Å². The fourth-order valence-corrected chi connectivity index (χ4v) is 17.6. The number of aromatic nitrogens is 8. The zero-order chi connectivity index (χ0) is 92.7. The van der Waals surface area contributed by atoms with Gasteiger partial charge in [0, 0.05) is 98.1 Å². The molecule has 5 aliphatic carbocycles. The molecule has 5 atom stereocenters. The minimum Gasteiger partial charge on any atom is -0.513 e. The number of carbonyl (C=O) groups is 6. The highest BCUT2D eigenvalue weighted by Gasteiger charge is 2.44. The van der Waals surface area contributed by atoms with Crippen LogP contribution in [0.1, 0.15) is 330 Å². The molecular weight excluding hydrogens is 1600 g/mol. The first-order valence-electron chi connectivity index (χ1n) is 46.8. The summed E-state index contributed by atoms with van der Waals surface area (Å²) in [6, 6.07) is 18.6. The number of furan rings is 1. The molecule has 0 radical (unpaired) electrons. The van der Waals surface area contributed by atoms with Gasteiger partial charge in [-0.25, -0.2) is 9.18 Å². The number of rotatable bonds is 15. The molecule has 9 heterocycles. The van der Waals surface area contributed by atoms with Gasteiger partial charge < -0.3 is 52.3 Å². The Kier molecular flexibility index (Phi) is 41.9. The van der Waals surface area contributed by atoms with Crippen molar-refractivity contribution >= 4 is 35.1 Å². The Balaban J connectivity index is 0.000000195. The summed E-state index contributed by atoms with van der Waals surface area (Å²) in [6.07, 6.45) is 25.9. The van der Waals surface area contributed by atoms with Gasteiger partial charge in [0.2, 0.25) is 29.5 Å². The molecule has 2 amide bonds. The molecule has 16 rings (SSSR count). The van der Waals surface area contributed by atoms with Crippen molar-refractivity contribution in [2.24, 2.45) is 70.0 Å². The molecule has 4 aliphatic heterocycles. The van der Waals surface area contributed by atoms with E-state index in [9.17, 15) is 33.2 Å². The van der Waals surface area contributed by atoms with Crippen LogP contribution in [0.15, 0.2) is 95.5 Å². The zero-order valence-electron chi connectivity index (χ0n) is 80.1. The maximum absolute atomic E-state index is 13.2. The van der Waals surface area contributed by atoms with E-state index < -0.39 is 5.97 Å². The van der Waals surface area contributed by atoms with Gasteiger partial charge in [-0.15, -0.1) is 0 Å². The molecule has 3 unspecified atom stereocenters. The highest BCUT2D eigenvalue weighted by molar-refractivity contribution is 5.89. The number of Topliss-reactive ketones (excluding diaryl/α,β-unsaturated/α-hetero) is 3. The molecule has 5 saturated carbocycles. The van der Waals surface area contributed by atoms with Crippen molar-refractivity contribution in [2.75, 3.05) is 66.0 Å². The van der Waals surface area contributed by atoms with E-state index in [2.05, 4.69) is 143 Å². The standard InChI is InChI=1S/C15H23N3O2.C14H23N3O2.C12H19N3O2.C10H18O.C10H12.C9H7FN2O.C9H16O.C8H16.C7H8O3.C6H11NO/c1-11(19)15(6-3-7-15)10-18-8-4-13(5-9-18)14-16-12(2)17-20-14;1-9(2)10(3)14(18)17-7-5-12(6-8-17)13-15-11(4)16-19-13;1-8(2)12(16)15-6-4-10(5-7-15)11-13-9(3)14-17-11;1-8-5-4-6-10(3,7-8)9(2)11;1-8-7-10(8)9-5-3-2-4-6-9;1-6-11-9(13-12-6)7-4-2-3-5-8(7)10;1-7-3-5-9(6-4-7)8(2)10;1-7-3-5-8(2)6-4-7;1-4-3-6(7(8)9)5(2)10-4;1-5(8)6-3-7(2)4-6/h13H,3-10H2,1-2H3;9-10,12H,5-8H2,1-4H3;8,10H,4-7H2,1-3H3;8H,4-7H2,1-3H3;2-6,8,10H,7H2,1H3;2-5H,1H3;7,9H,3-6H2,1-2H3;7-8H,3-6H2,1-2H3;3H,1-2H3,(H,8,9);6,8H,1,3-4H2,2H3/t;;;2*8-,10?;;;;;/m...11...../s1. The van der Waals surface area contributed by atoms with E-state index in [-0.39, 0.29) is 51.8 Å². The van der Waals surface area contributed by atoms with E-state index in [0.29, 0.717) is 99.0 Å². The predicted molar refractivity (Wildman–Crippen MR) is 489 cm³/mol. The minimum absolute atomic E-state index is 0.0116. The number of ketones is 3. The third-order valence-electron chi connectivity index (χ3n) is 27.1. The van der Waals surface area contributed by atoms with Crippen molar-refractivity contribution in [3.63, 3.8) is 0 Å². The van der Waals surface area contributed by atoms with Crippen molar-refractivity contribution in [3.8, 4) is 11.5 Å². The first-order valence-corrected chi connectivity index (χ1v) is 46.8. The topological polar surface area (TPSA) is 325 Å². The number of aryl methyl sites for hydroxylation is 6. The Hall–Kier alpha value is -8.91. The van der Waals surface area contributed by atoms with Crippen LogP contribution in [0.2, 0.25) is 0 Å². The lowest BCUT2D eigenvalue weighted by molar-refractivity contribution is -0.137. The molecular formula is C100H153FN12O13. The van der Waals surface area contributed by atoms with E-state index in [4.69, 9.17) is 32.7 Å². The number of aliphatic hydroxyl groups excluding tert-OH is 1. The summed E-state index contributed by atoms with van der Waals surface area (Å²) >= 11 is 0. The van der Waals surface area contributed by atoms with Gasteiger partial charge in [0.25, 0.3) is 5.89 Å². The van der Waals surface area contributed by atoms with Gasteiger partial charge in [0.1, 0.15) is 40.3 Å². The van der Waals surface area contributed by atoms with Crippen molar-refractivity contribution in [2.45, 2.75) is 303 Å². The lowest BCUT2D eigenvalue weighted by Gasteiger charge is -2.44. The Morgan fingerprint density at radius 3 is 1.31 bits per heavy atom. The lowest BCUT2D eigenvalue weighted by Crippen LogP contribution is -2.48. The Morgan fingerprint density at radius 2 is 0.984 bits per heavy atom. The smallest absolute Gasteiger partial charge is 0.339 e. The second kappa shape index (κ2) is 50.7. The number of hydrogen-bond acceptors (Lipinski definition) is 22. The molecule has 25 nitrogen and oxygen atoms in total. The molecule has 9 fully saturated rings. The van der Waals surface area contributed by atoms with E-state index in [1.54, 1.807) is 59.7 Å². The van der Waals surface area contributed by atoms with Crippen LogP contribution in [0, 0.1) is 117 Å². The quantitative estimate of drug-likeness (QED) is 0.0901. The third-order valence-corrected chi connectivity index (χ3v) is 27.1. The summed E-state index contributed by atoms with van der Waals surface area (Å²) in [6.45, 7) is 51.1. The summed E-state index contributed by atoms with van der Waals surface area (Å²) in [5.74, 6) is 14.6. The van der Waals surface area contributed by atoms with Gasteiger partial charge in [-0.3, -0.25) is 24.0 Å². The largest absolute Gasteiger partial charge is 0.513 e. The number of aromatic carboxylic acids is 1. The van der Waals surface area contributed by atoms with Gasteiger partial charge in [-0.05, 0) is 231 Å². The molecule has 2 N–H and O–H groups in total. The second-order valence-electron chi connectivity index (χ2n) is 38.8. The zero-order valence-corrected chi connectivity index (χ0v) is 80.1. The summed E-state index contributed by atoms with van der Waals surface area (Å²) in [5, 5.41) is 32.4. The average molecular weight is 1750 g/mol. The number of piperidine rings is 3. The van der Waals surface area contributed by atoms with Crippen molar-refractivity contribution < 1.29 is 65.9 Å². The number of likely N-dealkylation sites (tertiary alicyclic amines) is 4. The molecule has 0 spiro atoms. The molecule has 698 valence electrons. The van der Waals surface area contributed by atoms with Gasteiger partial charge in [-0.1, -0.05) is 204 Å². The highest BCUT2D eigenvalue weighted by atomic mass is 19.1. The first kappa shape index (κ1) is 104. The maximum Gasteiger partial charge on any atom is 0.339 e. The molecule has 0 bridgehead atoms. The molecule has 9 aliphatic rings. The van der Waals surface area contributed by atoms with Crippen LogP contribution in [0.4, 0.5) is 4.39 Å². The van der Waals surface area contributed by atoms with E-state index in [1.165, 1.54) is 81.9 Å². The van der Waals surface area contributed by atoms with E-state index in [0.717, 1.165) is 189 Å². The van der Waals surface area contributed by atoms with Crippen LogP contribution in [0.25, 0.3) is 11.5 Å². The second-order valence-corrected chi connectivity index (χ2v) is 38.8. The summed E-state index contributed by atoms with van der Waals surface area (Å²) in [5.41, 5.74) is 2.08. The van der Waals surface area contributed by atoms with E-state index >= 15 is 0 Å². The van der Waals surface area contributed by atoms with Crippen molar-refractivity contribution in [1.29, 1.82) is 0 Å². The first-order chi connectivity index (χ1) is 59.6. The van der Waals surface area contributed by atoms with Gasteiger partial charge in [0.15, 0.2) is 23.3 Å². The predicted octanol–water partition coefficient (Wildman–Crippen LogP) is 21.7. The minimum atomic E-state index is -0.936. The monoisotopic (exact) mass is 1750 g/mol. The molecule has 126 heavy (non-hydrogen) atoms. The summed E-state index contributed by atoms with van der Waals surface area (Å²) in [4.78, 5) is 93.8. The summed E-state index contributed by atoms with van der Waals surface area (Å²) < 4.78 is 38.7. The van der Waals surface area contributed by atoms with Gasteiger partial charge in [-0.2, -0.15) is 19.9 Å². The number of carboxylic acids is 1. The van der Waals surface area contributed by atoms with Crippen molar-refractivity contribution in [3.05, 3.63) is 142 Å². The highest BCUT2D eigenvalue weighted by Crippen LogP contribution is 2.47. The number of hydrogen-bond donors (Lipinski definition) is 2. The number of halogens is 1. The number of benzene rings is 2. The Bertz CT molecular complexity index is 4430. The molecule has 5 aromatic heterocycles. The fraction of sp³-hybridized carbons (Fsp3) is 0.680. The molecule has 7 aromatic rings. The van der Waals surface area contributed by atoms with Crippen LogP contribution < -0.4 is 0 Å². The number of nitrogens with zero attached hydrogens (tertiary/aromatic N) is 12. The Labute approximate surface area is 750 Å². The molecule has 2 aromatic carbocycles. The van der Waals surface area contributed by atoms with Crippen LogP contribution in [0.3, 0.4) is 0 Å². The number of carbonyl (C=O) groups excluding carboxylic acids is 5. The van der Waals surface area contributed by atoms with Crippen LogP contribution >= 0.6 is 0 Å². The SMILES string of the molecule is C=C(O)C1CN(C)C1.CC(=O)C1(C)CCC[C@@H](C)C1.CC(=O)C1(CN2CCC(c3nc(C)no3)CC2)CCC1.CC(=O)C1CCC(C)CC1.CC1CCC(C)CC1.C[C@@H]1CC1c1ccccc1.Cc1cc(C(=O)O)c(C)o1.Cc1noc(-c2ccccc2F)n1.Cc1noc(C2CCN(C(=O)C(C)C(C)C)CC2)n1.Cc1noc(C2CCN(C(=O)C(C)C)CC2)n1. The molecule has 4 saturated heterocycles. The molecule has 26 heteroatoms. The number of amides is 2. The van der Waals surface area contributed by atoms with Crippen LogP contribution in [0.5, 0.6) is 0 Å². The summed E-state index contributed by atoms with van der Waals surface area (Å²) in [7, 11) is 2.03. The van der Waals surface area contributed by atoms with Gasteiger partial charge >= 0.3 is 5.97 Å². The van der Waals surface area contributed by atoms with Crippen LogP contribution in [-0.2, 0) is 24.0 Å².